The summed E-state index contributed by atoms with van der Waals surface area (Å²) in [5.41, 5.74) is 5.23. The molecule has 0 fully saturated rings. The largest absolute Gasteiger partial charge is 0.382 e. The van der Waals surface area contributed by atoms with Crippen molar-refractivity contribution in [2.24, 2.45) is 5.73 Å². The second-order valence-corrected chi connectivity index (χ2v) is 4.43. The van der Waals surface area contributed by atoms with Crippen LogP contribution < -0.4 is 5.73 Å². The molecule has 1 atom stereocenters. The highest BCUT2D eigenvalue weighted by atomic mass is 16.5. The van der Waals surface area contributed by atoms with Crippen molar-refractivity contribution >= 4 is 17.3 Å². The molecule has 0 aliphatic carbocycles. The third-order valence-corrected chi connectivity index (χ3v) is 2.73. The molecule has 5 nitrogen and oxygen atoms in total. The summed E-state index contributed by atoms with van der Waals surface area (Å²) in [6.45, 7) is 2.18. The summed E-state index contributed by atoms with van der Waals surface area (Å²) in [5.74, 6) is -0.339. The van der Waals surface area contributed by atoms with Crippen molar-refractivity contribution in [1.29, 1.82) is 0 Å². The molecule has 0 saturated heterocycles. The van der Waals surface area contributed by atoms with Crippen LogP contribution in [0.2, 0.25) is 0 Å². The SMILES string of the molecule is COC(C)CCC(=O)/C=C/C(=O)CCC(=O)CCN. The second-order valence-electron chi connectivity index (χ2n) is 4.43. The fraction of sp³-hybridized carbons (Fsp3) is 0.643. The van der Waals surface area contributed by atoms with Crippen LogP contribution in [0, 0.1) is 0 Å². The van der Waals surface area contributed by atoms with Crippen LogP contribution in [0.25, 0.3) is 0 Å². The summed E-state index contributed by atoms with van der Waals surface area (Å²) in [6, 6.07) is 0. The fourth-order valence-corrected chi connectivity index (χ4v) is 1.36. The summed E-state index contributed by atoms with van der Waals surface area (Å²) in [5, 5.41) is 0. The first kappa shape index (κ1) is 17.7. The van der Waals surface area contributed by atoms with Gasteiger partial charge in [0.05, 0.1) is 6.10 Å². The van der Waals surface area contributed by atoms with Gasteiger partial charge in [-0.1, -0.05) is 0 Å². The lowest BCUT2D eigenvalue weighted by molar-refractivity contribution is -0.122. The maximum absolute atomic E-state index is 11.4. The normalized spacial score (nSPS) is 12.6. The molecule has 0 aliphatic rings. The van der Waals surface area contributed by atoms with Crippen molar-refractivity contribution in [2.75, 3.05) is 13.7 Å². The van der Waals surface area contributed by atoms with Crippen LogP contribution >= 0.6 is 0 Å². The number of rotatable bonds is 11. The number of hydrogen-bond acceptors (Lipinski definition) is 5. The van der Waals surface area contributed by atoms with E-state index in [1.807, 2.05) is 6.92 Å². The molecule has 0 aromatic heterocycles. The van der Waals surface area contributed by atoms with Gasteiger partial charge < -0.3 is 10.5 Å². The Morgan fingerprint density at radius 3 is 2.16 bits per heavy atom. The van der Waals surface area contributed by atoms with E-state index in [0.717, 1.165) is 0 Å². The van der Waals surface area contributed by atoms with Gasteiger partial charge in [0.15, 0.2) is 11.6 Å². The van der Waals surface area contributed by atoms with Crippen LogP contribution in [0.3, 0.4) is 0 Å². The van der Waals surface area contributed by atoms with E-state index in [1.54, 1.807) is 7.11 Å². The van der Waals surface area contributed by atoms with Gasteiger partial charge in [-0.25, -0.2) is 0 Å². The molecule has 0 aliphatic heterocycles. The highest BCUT2D eigenvalue weighted by Crippen LogP contribution is 2.02. The Labute approximate surface area is 114 Å². The number of methoxy groups -OCH3 is 1. The van der Waals surface area contributed by atoms with E-state index in [-0.39, 0.29) is 36.3 Å². The predicted octanol–water partition coefficient (Wildman–Crippen LogP) is 1.19. The number of allylic oxidation sites excluding steroid dienone is 2. The summed E-state index contributed by atoms with van der Waals surface area (Å²) in [7, 11) is 1.59. The molecule has 0 spiro atoms. The molecular formula is C14H23NO4. The van der Waals surface area contributed by atoms with Gasteiger partial charge in [0.2, 0.25) is 0 Å². The molecule has 19 heavy (non-hydrogen) atoms. The van der Waals surface area contributed by atoms with E-state index < -0.39 is 0 Å². The Hall–Kier alpha value is -1.33. The molecule has 108 valence electrons. The second kappa shape index (κ2) is 10.6. The monoisotopic (exact) mass is 269 g/mol. The van der Waals surface area contributed by atoms with E-state index in [1.165, 1.54) is 12.2 Å². The Kier molecular flexibility index (Phi) is 9.84. The van der Waals surface area contributed by atoms with Crippen LogP contribution in [0.4, 0.5) is 0 Å². The van der Waals surface area contributed by atoms with Gasteiger partial charge in [0, 0.05) is 32.8 Å². The van der Waals surface area contributed by atoms with Crippen LogP contribution in [0.1, 0.15) is 39.0 Å². The third-order valence-electron chi connectivity index (χ3n) is 2.73. The molecule has 0 amide bonds. The van der Waals surface area contributed by atoms with Crippen LogP contribution in [-0.2, 0) is 19.1 Å². The maximum atomic E-state index is 11.4. The average molecular weight is 269 g/mol. The molecule has 0 radical (unpaired) electrons. The number of ketones is 3. The zero-order valence-corrected chi connectivity index (χ0v) is 11.7. The van der Waals surface area contributed by atoms with Gasteiger partial charge in [-0.15, -0.1) is 0 Å². The number of ether oxygens (including phenoxy) is 1. The van der Waals surface area contributed by atoms with E-state index in [9.17, 15) is 14.4 Å². The van der Waals surface area contributed by atoms with E-state index in [4.69, 9.17) is 10.5 Å². The number of hydrogen-bond donors (Lipinski definition) is 1. The van der Waals surface area contributed by atoms with Crippen molar-refractivity contribution in [2.45, 2.75) is 45.1 Å². The van der Waals surface area contributed by atoms with Crippen LogP contribution in [0.5, 0.6) is 0 Å². The van der Waals surface area contributed by atoms with Crippen molar-refractivity contribution in [3.8, 4) is 0 Å². The zero-order chi connectivity index (χ0) is 14.7. The summed E-state index contributed by atoms with van der Waals surface area (Å²) in [4.78, 5) is 34.0. The van der Waals surface area contributed by atoms with Crippen molar-refractivity contribution in [3.05, 3.63) is 12.2 Å². The smallest absolute Gasteiger partial charge is 0.156 e. The molecular weight excluding hydrogens is 246 g/mol. The minimum absolute atomic E-state index is 0.0236. The first-order valence-electron chi connectivity index (χ1n) is 6.48. The average Bonchev–Trinajstić information content (AvgIpc) is 2.40. The lowest BCUT2D eigenvalue weighted by Crippen LogP contribution is -2.09. The summed E-state index contributed by atoms with van der Waals surface area (Å²) >= 11 is 0. The first-order valence-corrected chi connectivity index (χ1v) is 6.48. The number of Topliss-reactive ketones (excluding diaryl/α,β-unsaturated/α-hetero) is 1. The Morgan fingerprint density at radius 2 is 1.63 bits per heavy atom. The highest BCUT2D eigenvalue weighted by molar-refractivity contribution is 5.99. The van der Waals surface area contributed by atoms with Gasteiger partial charge in [-0.05, 0) is 32.0 Å². The van der Waals surface area contributed by atoms with Gasteiger partial charge in [-0.2, -0.15) is 0 Å². The van der Waals surface area contributed by atoms with E-state index >= 15 is 0 Å². The number of nitrogens with two attached hydrogens (primary N) is 1. The number of carbonyl (C=O) groups is 3. The standard InChI is InChI=1S/C14H23NO4/c1-11(19-2)3-4-12(16)5-6-13(17)7-8-14(18)9-10-15/h5-6,11H,3-4,7-10,15H2,1-2H3/b6-5+. The molecule has 0 aromatic rings. The summed E-state index contributed by atoms with van der Waals surface area (Å²) in [6.07, 6.45) is 4.15. The van der Waals surface area contributed by atoms with E-state index in [0.29, 0.717) is 25.8 Å². The minimum atomic E-state index is -0.210. The first-order chi connectivity index (χ1) is 8.99. The van der Waals surface area contributed by atoms with Gasteiger partial charge in [-0.3, -0.25) is 14.4 Å². The van der Waals surface area contributed by atoms with Gasteiger partial charge in [0.1, 0.15) is 5.78 Å². The molecule has 0 rings (SSSR count). The molecule has 1 unspecified atom stereocenters. The van der Waals surface area contributed by atoms with Crippen molar-refractivity contribution < 1.29 is 19.1 Å². The fourth-order valence-electron chi connectivity index (χ4n) is 1.36. The Bertz CT molecular complexity index is 336. The minimum Gasteiger partial charge on any atom is -0.382 e. The topological polar surface area (TPSA) is 86.5 Å². The molecule has 0 saturated carbocycles. The van der Waals surface area contributed by atoms with Crippen molar-refractivity contribution in [1.82, 2.24) is 0 Å². The van der Waals surface area contributed by atoms with Crippen molar-refractivity contribution in [3.63, 3.8) is 0 Å². The van der Waals surface area contributed by atoms with Crippen LogP contribution in [0.15, 0.2) is 12.2 Å². The number of carbonyl (C=O) groups excluding carboxylic acids is 3. The molecule has 0 bridgehead atoms. The van der Waals surface area contributed by atoms with E-state index in [2.05, 4.69) is 0 Å². The predicted molar refractivity (Wildman–Crippen MR) is 72.8 cm³/mol. The molecule has 0 heterocycles. The Balaban J connectivity index is 3.88. The highest BCUT2D eigenvalue weighted by Gasteiger charge is 2.06. The van der Waals surface area contributed by atoms with Gasteiger partial charge in [0.25, 0.3) is 0 Å². The Morgan fingerprint density at radius 1 is 1.05 bits per heavy atom. The third kappa shape index (κ3) is 10.3. The van der Waals surface area contributed by atoms with Crippen LogP contribution in [-0.4, -0.2) is 37.1 Å². The quantitative estimate of drug-likeness (QED) is 0.569. The molecule has 5 heteroatoms. The molecule has 0 aromatic carbocycles. The maximum Gasteiger partial charge on any atom is 0.156 e. The lowest BCUT2D eigenvalue weighted by Gasteiger charge is -2.06. The summed E-state index contributed by atoms with van der Waals surface area (Å²) < 4.78 is 5.02. The molecule has 2 N–H and O–H groups in total. The van der Waals surface area contributed by atoms with Gasteiger partial charge >= 0.3 is 0 Å². The lowest BCUT2D eigenvalue weighted by atomic mass is 10.1. The zero-order valence-electron chi connectivity index (χ0n) is 11.7.